The number of rotatable bonds is 7. The minimum atomic E-state index is -3.00. The summed E-state index contributed by atoms with van der Waals surface area (Å²) in [6.07, 6.45) is 1.55. The molecule has 1 heterocycles. The molecule has 0 spiro atoms. The van der Waals surface area contributed by atoms with Gasteiger partial charge in [0.2, 0.25) is 5.95 Å². The third-order valence-electron chi connectivity index (χ3n) is 2.56. The van der Waals surface area contributed by atoms with Crippen molar-refractivity contribution < 1.29 is 8.42 Å². The van der Waals surface area contributed by atoms with Gasteiger partial charge in [-0.3, -0.25) is 4.57 Å². The van der Waals surface area contributed by atoms with Crippen LogP contribution in [-0.2, 0) is 16.4 Å². The van der Waals surface area contributed by atoms with Crippen molar-refractivity contribution in [3.05, 3.63) is 5.82 Å². The second kappa shape index (κ2) is 6.14. The molecule has 0 aromatic carbocycles. The molecule has 1 atom stereocenters. The van der Waals surface area contributed by atoms with Crippen molar-refractivity contribution in [1.29, 1.82) is 0 Å². The lowest BCUT2D eigenvalue weighted by Gasteiger charge is -2.13. The van der Waals surface area contributed by atoms with Crippen LogP contribution in [0, 0.1) is 0 Å². The number of hydrogen-bond donors (Lipinski definition) is 2. The average Bonchev–Trinajstić information content (AvgIpc) is 2.68. The normalized spacial score (nSPS) is 13.6. The molecular formula is C10H21N5O2S. The van der Waals surface area contributed by atoms with Gasteiger partial charge in [-0.1, -0.05) is 0 Å². The Labute approximate surface area is 108 Å². The third kappa shape index (κ3) is 3.95. The van der Waals surface area contributed by atoms with E-state index in [2.05, 4.69) is 15.5 Å². The number of nitrogens with two attached hydrogens (primary N) is 1. The SMILES string of the molecule is CCNc1nnc(C(N)CCS(C)(=O)=O)n1CC. The van der Waals surface area contributed by atoms with Crippen LogP contribution in [0.3, 0.4) is 0 Å². The van der Waals surface area contributed by atoms with Crippen molar-refractivity contribution in [3.8, 4) is 0 Å². The number of aromatic nitrogens is 3. The molecule has 1 aromatic heterocycles. The van der Waals surface area contributed by atoms with Crippen molar-refractivity contribution in [2.24, 2.45) is 5.73 Å². The van der Waals surface area contributed by atoms with Crippen LogP contribution in [0.25, 0.3) is 0 Å². The van der Waals surface area contributed by atoms with Gasteiger partial charge in [-0.2, -0.15) is 0 Å². The smallest absolute Gasteiger partial charge is 0.224 e. The predicted octanol–water partition coefficient (Wildman–Crippen LogP) is 0.164. The highest BCUT2D eigenvalue weighted by Crippen LogP contribution is 2.16. The van der Waals surface area contributed by atoms with Crippen LogP contribution in [0.5, 0.6) is 0 Å². The fourth-order valence-electron chi connectivity index (χ4n) is 1.66. The van der Waals surface area contributed by atoms with Gasteiger partial charge < -0.3 is 11.1 Å². The molecule has 104 valence electrons. The first-order chi connectivity index (χ1) is 8.39. The van der Waals surface area contributed by atoms with Gasteiger partial charge in [0.05, 0.1) is 11.8 Å². The van der Waals surface area contributed by atoms with Gasteiger partial charge in [0.25, 0.3) is 0 Å². The highest BCUT2D eigenvalue weighted by molar-refractivity contribution is 7.90. The topological polar surface area (TPSA) is 103 Å². The molecule has 1 aromatic rings. The Morgan fingerprint density at radius 1 is 1.39 bits per heavy atom. The highest BCUT2D eigenvalue weighted by atomic mass is 32.2. The van der Waals surface area contributed by atoms with E-state index in [-0.39, 0.29) is 5.75 Å². The van der Waals surface area contributed by atoms with E-state index in [0.29, 0.717) is 24.7 Å². The molecule has 7 nitrogen and oxygen atoms in total. The zero-order chi connectivity index (χ0) is 13.8. The molecule has 0 aliphatic rings. The molecular weight excluding hydrogens is 254 g/mol. The van der Waals surface area contributed by atoms with Gasteiger partial charge in [-0.25, -0.2) is 8.42 Å². The van der Waals surface area contributed by atoms with Crippen molar-refractivity contribution in [1.82, 2.24) is 14.8 Å². The van der Waals surface area contributed by atoms with Gasteiger partial charge in [-0.05, 0) is 20.3 Å². The van der Waals surface area contributed by atoms with Crippen LogP contribution in [0.1, 0.15) is 32.1 Å². The summed E-state index contributed by atoms with van der Waals surface area (Å²) in [4.78, 5) is 0. The van der Waals surface area contributed by atoms with Gasteiger partial charge >= 0.3 is 0 Å². The van der Waals surface area contributed by atoms with Crippen molar-refractivity contribution in [2.75, 3.05) is 23.9 Å². The van der Waals surface area contributed by atoms with Crippen LogP contribution in [0.15, 0.2) is 0 Å². The largest absolute Gasteiger partial charge is 0.355 e. The molecule has 1 unspecified atom stereocenters. The van der Waals surface area contributed by atoms with Crippen LogP contribution in [-0.4, -0.2) is 41.7 Å². The number of anilines is 1. The van der Waals surface area contributed by atoms with Crippen LogP contribution < -0.4 is 11.1 Å². The summed E-state index contributed by atoms with van der Waals surface area (Å²) >= 11 is 0. The summed E-state index contributed by atoms with van der Waals surface area (Å²) in [5.74, 6) is 1.35. The average molecular weight is 275 g/mol. The Bertz CT molecular complexity index is 482. The second-order valence-corrected chi connectivity index (χ2v) is 6.44. The fraction of sp³-hybridized carbons (Fsp3) is 0.800. The first kappa shape index (κ1) is 14.9. The second-order valence-electron chi connectivity index (χ2n) is 4.18. The molecule has 0 aliphatic heterocycles. The maximum atomic E-state index is 11.1. The molecule has 0 saturated heterocycles. The summed E-state index contributed by atoms with van der Waals surface area (Å²) in [6, 6.07) is -0.417. The van der Waals surface area contributed by atoms with Gasteiger partial charge in [0.1, 0.15) is 9.84 Å². The lowest BCUT2D eigenvalue weighted by atomic mass is 10.2. The molecule has 0 fully saturated rings. The Morgan fingerprint density at radius 3 is 2.56 bits per heavy atom. The number of sulfone groups is 1. The first-order valence-electron chi connectivity index (χ1n) is 5.99. The summed E-state index contributed by atoms with van der Waals surface area (Å²) in [5, 5.41) is 11.1. The maximum Gasteiger partial charge on any atom is 0.224 e. The van der Waals surface area contributed by atoms with Crippen LogP contribution >= 0.6 is 0 Å². The van der Waals surface area contributed by atoms with Crippen LogP contribution in [0.4, 0.5) is 5.95 Å². The van der Waals surface area contributed by atoms with Crippen LogP contribution in [0.2, 0.25) is 0 Å². The minimum Gasteiger partial charge on any atom is -0.355 e. The number of nitrogens with zero attached hydrogens (tertiary/aromatic N) is 3. The molecule has 0 aliphatic carbocycles. The molecule has 1 rings (SSSR count). The maximum absolute atomic E-state index is 11.1. The Balaban J connectivity index is 2.82. The van der Waals surface area contributed by atoms with E-state index in [4.69, 9.17) is 5.73 Å². The fourth-order valence-corrected chi connectivity index (χ4v) is 2.34. The van der Waals surface area contributed by atoms with E-state index in [9.17, 15) is 8.42 Å². The summed E-state index contributed by atoms with van der Waals surface area (Å²) in [7, 11) is -3.00. The molecule has 0 amide bonds. The third-order valence-corrected chi connectivity index (χ3v) is 3.54. The molecule has 18 heavy (non-hydrogen) atoms. The Kier molecular flexibility index (Phi) is 5.09. The number of hydrogen-bond acceptors (Lipinski definition) is 6. The minimum absolute atomic E-state index is 0.0568. The molecule has 0 bridgehead atoms. The Morgan fingerprint density at radius 2 is 2.06 bits per heavy atom. The van der Waals surface area contributed by atoms with E-state index in [1.54, 1.807) is 0 Å². The van der Waals surface area contributed by atoms with Gasteiger partial charge in [0.15, 0.2) is 5.82 Å². The lowest BCUT2D eigenvalue weighted by Crippen LogP contribution is -2.20. The van der Waals surface area contributed by atoms with E-state index < -0.39 is 15.9 Å². The van der Waals surface area contributed by atoms with E-state index in [1.165, 1.54) is 6.26 Å². The zero-order valence-electron chi connectivity index (χ0n) is 11.0. The van der Waals surface area contributed by atoms with Crippen molar-refractivity contribution in [3.63, 3.8) is 0 Å². The number of nitrogens with one attached hydrogen (secondary N) is 1. The summed E-state index contributed by atoms with van der Waals surface area (Å²) in [6.45, 7) is 5.38. The predicted molar refractivity (Wildman–Crippen MR) is 71.1 cm³/mol. The van der Waals surface area contributed by atoms with Crippen molar-refractivity contribution >= 4 is 15.8 Å². The Hall–Kier alpha value is -1.15. The van der Waals surface area contributed by atoms with E-state index in [1.807, 2.05) is 18.4 Å². The summed E-state index contributed by atoms with van der Waals surface area (Å²) in [5.41, 5.74) is 5.97. The first-order valence-corrected chi connectivity index (χ1v) is 8.05. The molecule has 3 N–H and O–H groups in total. The van der Waals surface area contributed by atoms with Crippen molar-refractivity contribution in [2.45, 2.75) is 32.9 Å². The van der Waals surface area contributed by atoms with Gasteiger partial charge in [-0.15, -0.1) is 10.2 Å². The molecule has 8 heteroatoms. The van der Waals surface area contributed by atoms with E-state index in [0.717, 1.165) is 6.54 Å². The highest BCUT2D eigenvalue weighted by Gasteiger charge is 2.18. The lowest BCUT2D eigenvalue weighted by molar-refractivity contribution is 0.570. The van der Waals surface area contributed by atoms with E-state index >= 15 is 0 Å². The standard InChI is InChI=1S/C10H21N5O2S/c1-4-12-10-14-13-9(15(10)5-2)8(11)6-7-18(3,16)17/h8H,4-7,11H2,1-3H3,(H,12,14). The van der Waals surface area contributed by atoms with Gasteiger partial charge in [0, 0.05) is 19.3 Å². The summed E-state index contributed by atoms with van der Waals surface area (Å²) < 4.78 is 24.1. The molecule has 0 saturated carbocycles. The monoisotopic (exact) mass is 275 g/mol. The molecule has 0 radical (unpaired) electrons. The zero-order valence-corrected chi connectivity index (χ0v) is 11.9. The quantitative estimate of drug-likeness (QED) is 0.735.